The number of anilines is 1. The molecule has 0 bridgehead atoms. The first-order valence-electron chi connectivity index (χ1n) is 8.58. The highest BCUT2D eigenvalue weighted by Crippen LogP contribution is 2.25. The van der Waals surface area contributed by atoms with Crippen LogP contribution in [0.2, 0.25) is 0 Å². The number of hydrogen-bond acceptors (Lipinski definition) is 9. The smallest absolute Gasteiger partial charge is 0.364 e. The molecular formula is C13H12BrFN6O5S. The van der Waals surface area contributed by atoms with E-state index in [1.54, 1.807) is 0 Å². The monoisotopic (exact) mass is 465 g/mol. The van der Waals surface area contributed by atoms with E-state index in [2.05, 4.69) is 50.6 Å². The van der Waals surface area contributed by atoms with Crippen molar-refractivity contribution in [2.24, 2.45) is 0 Å². The molecule has 0 aliphatic carbocycles. The minimum Gasteiger partial charge on any atom is -0.364 e. The van der Waals surface area contributed by atoms with Gasteiger partial charge in [-0.25, -0.2) is 31.5 Å². The molecular weight excluding hydrogens is 451 g/mol. The number of rotatable bonds is 7. The summed E-state index contributed by atoms with van der Waals surface area (Å²) in [4.78, 5) is 12.3. The molecule has 2 heterocycles. The van der Waals surface area contributed by atoms with Gasteiger partial charge in [-0.1, -0.05) is 5.16 Å². The van der Waals surface area contributed by atoms with Gasteiger partial charge >= 0.3 is 5.76 Å². The summed E-state index contributed by atoms with van der Waals surface area (Å²) < 4.78 is 71.6. The summed E-state index contributed by atoms with van der Waals surface area (Å²) in [6.45, 7) is 0.0559. The minimum atomic E-state index is -3.40. The molecule has 27 heavy (non-hydrogen) atoms. The molecule has 1 aromatic carbocycles. The normalized spacial score (nSPS) is 13.2. The van der Waals surface area contributed by atoms with E-state index in [1.165, 1.54) is 0 Å². The van der Waals surface area contributed by atoms with Gasteiger partial charge in [0.1, 0.15) is 5.82 Å². The highest BCUT2D eigenvalue weighted by atomic mass is 79.9. The predicted octanol–water partition coefficient (Wildman–Crippen LogP) is 0.738. The van der Waals surface area contributed by atoms with Crippen molar-refractivity contribution in [3.05, 3.63) is 39.0 Å². The number of benzene rings is 1. The number of halogens is 2. The Bertz CT molecular complexity index is 1250. The Morgan fingerprint density at radius 3 is 2.85 bits per heavy atom. The van der Waals surface area contributed by atoms with Crippen LogP contribution in [0.25, 0.3) is 17.2 Å². The molecule has 0 aliphatic heterocycles. The van der Waals surface area contributed by atoms with Crippen molar-refractivity contribution in [3.63, 3.8) is 0 Å². The van der Waals surface area contributed by atoms with Crippen molar-refractivity contribution in [3.8, 4) is 17.2 Å². The van der Waals surface area contributed by atoms with Gasteiger partial charge in [0, 0.05) is 13.1 Å². The zero-order chi connectivity index (χ0) is 22.2. The highest BCUT2D eigenvalue weighted by molar-refractivity contribution is 9.10. The van der Waals surface area contributed by atoms with Crippen LogP contribution >= 0.6 is 15.9 Å². The van der Waals surface area contributed by atoms with Crippen molar-refractivity contribution in [1.82, 2.24) is 24.8 Å². The van der Waals surface area contributed by atoms with E-state index in [9.17, 15) is 17.6 Å². The van der Waals surface area contributed by atoms with Crippen molar-refractivity contribution >= 4 is 31.8 Å². The van der Waals surface area contributed by atoms with E-state index in [0.29, 0.717) is 4.57 Å². The molecule has 0 saturated carbocycles. The van der Waals surface area contributed by atoms with E-state index in [-0.39, 0.29) is 30.4 Å². The van der Waals surface area contributed by atoms with Crippen molar-refractivity contribution in [2.75, 3.05) is 24.7 Å². The summed E-state index contributed by atoms with van der Waals surface area (Å²) in [6, 6.07) is -2.20. The lowest BCUT2D eigenvalue weighted by atomic mass is 10.3. The maximum absolute atomic E-state index is 14.0. The molecule has 0 radical (unpaired) electrons. The fourth-order valence-electron chi connectivity index (χ4n) is 1.94. The molecule has 0 atom stereocenters. The molecule has 0 amide bonds. The highest BCUT2D eigenvalue weighted by Gasteiger charge is 2.23. The van der Waals surface area contributed by atoms with E-state index in [0.717, 1.165) is 6.26 Å². The van der Waals surface area contributed by atoms with E-state index in [4.69, 9.17) is 4.11 Å². The number of aromatic nitrogens is 4. The van der Waals surface area contributed by atoms with Gasteiger partial charge < -0.3 is 5.32 Å². The van der Waals surface area contributed by atoms with E-state index < -0.39 is 49.9 Å². The molecule has 3 rings (SSSR count). The first-order valence-corrected chi connectivity index (χ1v) is 9.76. The lowest BCUT2D eigenvalue weighted by molar-refractivity contribution is 0.309. The Morgan fingerprint density at radius 1 is 1.33 bits per heavy atom. The van der Waals surface area contributed by atoms with Crippen LogP contribution in [0.5, 0.6) is 0 Å². The maximum Gasteiger partial charge on any atom is 0.446 e. The second-order valence-electron chi connectivity index (χ2n) is 5.01. The van der Waals surface area contributed by atoms with Crippen LogP contribution in [-0.4, -0.2) is 47.8 Å². The Kier molecular flexibility index (Phi) is 4.34. The number of nitrogens with one attached hydrogen (secondary N) is 2. The molecule has 0 fully saturated rings. The number of hydrogen-bond donors (Lipinski definition) is 2. The average molecular weight is 466 g/mol. The zero-order valence-corrected chi connectivity index (χ0v) is 15.8. The van der Waals surface area contributed by atoms with Crippen molar-refractivity contribution in [2.45, 2.75) is 0 Å². The minimum absolute atomic E-state index is 0.00238. The molecule has 144 valence electrons. The molecule has 0 saturated heterocycles. The first-order chi connectivity index (χ1) is 14.0. The lowest BCUT2D eigenvalue weighted by Crippen LogP contribution is -2.27. The molecule has 14 heteroatoms. The molecule has 0 aliphatic rings. The predicted molar refractivity (Wildman–Crippen MR) is 94.4 cm³/mol. The largest absolute Gasteiger partial charge is 0.446 e. The van der Waals surface area contributed by atoms with Crippen LogP contribution < -0.4 is 15.8 Å². The SMILES string of the molecule is [2H]c1c([2H])c(-n2c(-c3nonc3NCCNS(C)(=O)=O)noc2=O)c([2H])c(Br)c1F. The summed E-state index contributed by atoms with van der Waals surface area (Å²) in [6.07, 6.45) is 0.989. The Labute approximate surface area is 163 Å². The summed E-state index contributed by atoms with van der Waals surface area (Å²) in [7, 11) is -3.40. The molecule has 0 unspecified atom stereocenters. The molecule has 2 aromatic heterocycles. The maximum atomic E-state index is 14.0. The molecule has 3 aromatic rings. The van der Waals surface area contributed by atoms with Crippen LogP contribution in [0, 0.1) is 5.82 Å². The van der Waals surface area contributed by atoms with E-state index in [1.807, 2.05) is 0 Å². The Balaban J connectivity index is 2.04. The number of sulfonamides is 1. The standard InChI is InChI=1S/C13H12BrFN6O5S/c1-27(23,24)17-5-4-16-11-10(18-26-19-11)12-20-25-13(22)21(12)7-2-3-9(15)8(14)6-7/h2-3,6,17H,4-5H2,1H3,(H,16,19)/i2D,3D,6D. The fraction of sp³-hybridized carbons (Fsp3) is 0.231. The van der Waals surface area contributed by atoms with Crippen LogP contribution in [0.15, 0.2) is 36.5 Å². The zero-order valence-electron chi connectivity index (χ0n) is 16.4. The lowest BCUT2D eigenvalue weighted by Gasteiger charge is -2.06. The number of nitrogens with zero attached hydrogens (tertiary/aromatic N) is 4. The quantitative estimate of drug-likeness (QED) is 0.482. The van der Waals surface area contributed by atoms with Gasteiger partial charge in [0.05, 0.1) is 20.5 Å². The van der Waals surface area contributed by atoms with Crippen LogP contribution in [-0.2, 0) is 10.0 Å². The van der Waals surface area contributed by atoms with E-state index >= 15 is 0 Å². The second-order valence-corrected chi connectivity index (χ2v) is 7.64. The Morgan fingerprint density at radius 2 is 2.11 bits per heavy atom. The summed E-state index contributed by atoms with van der Waals surface area (Å²) in [5, 5.41) is 13.5. The van der Waals surface area contributed by atoms with Gasteiger partial charge in [0.25, 0.3) is 0 Å². The van der Waals surface area contributed by atoms with Gasteiger partial charge in [0.2, 0.25) is 21.7 Å². The molecule has 11 nitrogen and oxygen atoms in total. The van der Waals surface area contributed by atoms with Gasteiger partial charge in [0.15, 0.2) is 5.69 Å². The summed E-state index contributed by atoms with van der Waals surface area (Å²) in [5.74, 6) is -2.64. The summed E-state index contributed by atoms with van der Waals surface area (Å²) in [5.41, 5.74) is -0.631. The topological polar surface area (TPSA) is 145 Å². The molecule has 2 N–H and O–H groups in total. The Hall–Kier alpha value is -2.58. The van der Waals surface area contributed by atoms with Crippen molar-refractivity contribution < 1.29 is 26.1 Å². The third kappa shape index (κ3) is 4.40. The van der Waals surface area contributed by atoms with Crippen molar-refractivity contribution in [1.29, 1.82) is 0 Å². The first kappa shape index (κ1) is 15.5. The second kappa shape index (κ2) is 7.58. The van der Waals surface area contributed by atoms with Gasteiger partial charge in [-0.05, 0) is 44.4 Å². The van der Waals surface area contributed by atoms with Crippen LogP contribution in [0.3, 0.4) is 0 Å². The third-order valence-electron chi connectivity index (χ3n) is 3.02. The summed E-state index contributed by atoms with van der Waals surface area (Å²) >= 11 is 2.82. The molecule has 0 spiro atoms. The fourth-order valence-corrected chi connectivity index (χ4v) is 2.70. The third-order valence-corrected chi connectivity index (χ3v) is 4.30. The van der Waals surface area contributed by atoms with Crippen LogP contribution in [0.1, 0.15) is 4.11 Å². The van der Waals surface area contributed by atoms with Gasteiger partial charge in [-0.3, -0.25) is 4.52 Å². The van der Waals surface area contributed by atoms with Gasteiger partial charge in [-0.2, -0.15) is 0 Å². The van der Waals surface area contributed by atoms with Crippen LogP contribution in [0.4, 0.5) is 10.2 Å². The van der Waals surface area contributed by atoms with Gasteiger partial charge in [-0.15, -0.1) is 0 Å². The average Bonchev–Trinajstić information content (AvgIpc) is 3.28.